The van der Waals surface area contributed by atoms with E-state index in [1.54, 1.807) is 0 Å². The third-order valence-electron chi connectivity index (χ3n) is 5.25. The van der Waals surface area contributed by atoms with Crippen LogP contribution in [0.25, 0.3) is 10.8 Å². The summed E-state index contributed by atoms with van der Waals surface area (Å²) in [7, 11) is 0. The lowest BCUT2D eigenvalue weighted by Gasteiger charge is -2.15. The molecule has 1 unspecified atom stereocenters. The zero-order valence-corrected chi connectivity index (χ0v) is 14.5. The number of rotatable bonds is 8. The third-order valence-corrected chi connectivity index (χ3v) is 5.25. The van der Waals surface area contributed by atoms with Crippen molar-refractivity contribution < 1.29 is 4.79 Å². The van der Waals surface area contributed by atoms with E-state index in [2.05, 4.69) is 32.0 Å². The monoisotopic (exact) mass is 308 g/mol. The van der Waals surface area contributed by atoms with Crippen molar-refractivity contribution in [1.82, 2.24) is 0 Å². The number of ketones is 1. The van der Waals surface area contributed by atoms with Gasteiger partial charge >= 0.3 is 0 Å². The molecule has 0 fully saturated rings. The molecule has 1 aliphatic rings. The topological polar surface area (TPSA) is 17.1 Å². The van der Waals surface area contributed by atoms with E-state index in [4.69, 9.17) is 0 Å². The van der Waals surface area contributed by atoms with Gasteiger partial charge in [0.25, 0.3) is 0 Å². The highest BCUT2D eigenvalue weighted by Gasteiger charge is 2.33. The Hall–Kier alpha value is -1.63. The van der Waals surface area contributed by atoms with E-state index in [1.807, 2.05) is 12.1 Å². The van der Waals surface area contributed by atoms with Crippen LogP contribution in [0.3, 0.4) is 0 Å². The van der Waals surface area contributed by atoms with E-state index < -0.39 is 0 Å². The number of carbonyl (C=O) groups is 1. The van der Waals surface area contributed by atoms with Crippen molar-refractivity contribution in [3.05, 3.63) is 47.0 Å². The molecule has 0 saturated carbocycles. The zero-order chi connectivity index (χ0) is 16.2. The fourth-order valence-corrected chi connectivity index (χ4v) is 4.03. The lowest BCUT2D eigenvalue weighted by Crippen LogP contribution is -2.08. The van der Waals surface area contributed by atoms with E-state index in [1.165, 1.54) is 54.0 Å². The molecule has 0 aromatic heterocycles. The number of benzene rings is 2. The minimum atomic E-state index is 0.110. The first-order chi connectivity index (χ1) is 11.3. The highest BCUT2D eigenvalue weighted by molar-refractivity contribution is 6.18. The van der Waals surface area contributed by atoms with Crippen molar-refractivity contribution in [2.75, 3.05) is 0 Å². The van der Waals surface area contributed by atoms with Crippen LogP contribution in [0.1, 0.15) is 86.2 Å². The number of carbonyl (C=O) groups excluding carboxylic acids is 1. The minimum Gasteiger partial charge on any atom is -0.293 e. The van der Waals surface area contributed by atoms with Gasteiger partial charge in [-0.2, -0.15) is 0 Å². The molecule has 0 heterocycles. The molecule has 1 nitrogen and oxygen atoms in total. The van der Waals surface area contributed by atoms with Crippen molar-refractivity contribution in [1.29, 1.82) is 0 Å². The summed E-state index contributed by atoms with van der Waals surface area (Å²) in [4.78, 5) is 13.0. The average molecular weight is 308 g/mol. The molecule has 0 spiro atoms. The fourth-order valence-electron chi connectivity index (χ4n) is 4.03. The molecule has 2 aromatic rings. The van der Waals surface area contributed by atoms with Crippen LogP contribution in [0.15, 0.2) is 30.3 Å². The van der Waals surface area contributed by atoms with Crippen molar-refractivity contribution in [3.63, 3.8) is 0 Å². The Balaban J connectivity index is 2.00. The maximum atomic E-state index is 13.0. The van der Waals surface area contributed by atoms with Crippen molar-refractivity contribution in [2.24, 2.45) is 0 Å². The predicted octanol–water partition coefficient (Wildman–Crippen LogP) is 6.43. The Kier molecular flexibility index (Phi) is 5.15. The van der Waals surface area contributed by atoms with Crippen molar-refractivity contribution in [3.8, 4) is 0 Å². The average Bonchev–Trinajstić information content (AvgIpc) is 2.85. The smallest absolute Gasteiger partial charge is 0.170 e. The van der Waals surface area contributed by atoms with Gasteiger partial charge in [-0.25, -0.2) is 0 Å². The van der Waals surface area contributed by atoms with Gasteiger partial charge in [0.2, 0.25) is 0 Å². The van der Waals surface area contributed by atoms with Gasteiger partial charge in [-0.15, -0.1) is 0 Å². The van der Waals surface area contributed by atoms with E-state index in [0.29, 0.717) is 5.78 Å². The number of aryl methyl sites for hydroxylation is 1. The van der Waals surface area contributed by atoms with Gasteiger partial charge in [0.1, 0.15) is 0 Å². The second-order valence-corrected chi connectivity index (χ2v) is 6.91. The van der Waals surface area contributed by atoms with E-state index in [-0.39, 0.29) is 5.92 Å². The molecule has 0 radical (unpaired) electrons. The third kappa shape index (κ3) is 3.06. The Morgan fingerprint density at radius 2 is 1.70 bits per heavy atom. The predicted molar refractivity (Wildman–Crippen MR) is 98.4 cm³/mol. The zero-order valence-electron chi connectivity index (χ0n) is 14.5. The summed E-state index contributed by atoms with van der Waals surface area (Å²) in [6, 6.07) is 10.7. The van der Waals surface area contributed by atoms with Crippen LogP contribution in [0.2, 0.25) is 0 Å². The first-order valence-corrected chi connectivity index (χ1v) is 9.36. The molecule has 122 valence electrons. The van der Waals surface area contributed by atoms with Crippen molar-refractivity contribution in [2.45, 2.75) is 71.1 Å². The van der Waals surface area contributed by atoms with Crippen LogP contribution >= 0.6 is 0 Å². The van der Waals surface area contributed by atoms with Gasteiger partial charge in [0.05, 0.1) is 0 Å². The van der Waals surface area contributed by atoms with Gasteiger partial charge in [-0.1, -0.05) is 76.3 Å². The van der Waals surface area contributed by atoms with Crippen LogP contribution in [-0.4, -0.2) is 5.78 Å². The Bertz CT molecular complexity index is 698. The first kappa shape index (κ1) is 16.2. The molecule has 2 aromatic carbocycles. The lowest BCUT2D eigenvalue weighted by atomic mass is 9.88. The summed E-state index contributed by atoms with van der Waals surface area (Å²) in [5, 5.41) is 2.50. The fraction of sp³-hybridized carbons (Fsp3) is 0.500. The van der Waals surface area contributed by atoms with Gasteiger partial charge in [-0.05, 0) is 41.2 Å². The molecule has 0 saturated heterocycles. The van der Waals surface area contributed by atoms with Crippen LogP contribution in [0.4, 0.5) is 0 Å². The molecule has 0 N–H and O–H groups in total. The Morgan fingerprint density at radius 3 is 2.48 bits per heavy atom. The molecular weight excluding hydrogens is 280 g/mol. The molecule has 0 aliphatic heterocycles. The molecule has 1 aliphatic carbocycles. The molecule has 3 rings (SSSR count). The molecule has 1 heteroatoms. The van der Waals surface area contributed by atoms with E-state index in [9.17, 15) is 4.79 Å². The Labute approximate surface area is 140 Å². The summed E-state index contributed by atoms with van der Waals surface area (Å²) >= 11 is 0. The Morgan fingerprint density at radius 1 is 0.913 bits per heavy atom. The molecule has 0 bridgehead atoms. The van der Waals surface area contributed by atoms with Gasteiger partial charge in [-0.3, -0.25) is 4.79 Å². The van der Waals surface area contributed by atoms with Crippen LogP contribution in [-0.2, 0) is 6.42 Å². The first-order valence-electron chi connectivity index (χ1n) is 9.36. The SMILES string of the molecule is CCCCCc1ccc2cccc3c2c1C(CCCCC)C3=O. The van der Waals surface area contributed by atoms with Gasteiger partial charge < -0.3 is 0 Å². The largest absolute Gasteiger partial charge is 0.293 e. The normalized spacial score (nSPS) is 16.4. The maximum Gasteiger partial charge on any atom is 0.170 e. The van der Waals surface area contributed by atoms with Gasteiger partial charge in [0, 0.05) is 11.5 Å². The number of hydrogen-bond donors (Lipinski definition) is 0. The molecule has 1 atom stereocenters. The maximum absolute atomic E-state index is 13.0. The van der Waals surface area contributed by atoms with Crippen LogP contribution in [0.5, 0.6) is 0 Å². The summed E-state index contributed by atoms with van der Waals surface area (Å²) in [5.41, 5.74) is 3.76. The second-order valence-electron chi connectivity index (χ2n) is 6.91. The van der Waals surface area contributed by atoms with Gasteiger partial charge in [0.15, 0.2) is 5.78 Å². The van der Waals surface area contributed by atoms with E-state index in [0.717, 1.165) is 24.8 Å². The standard InChI is InChI=1S/C22H28O/c1-3-5-7-10-16-14-15-17-11-9-13-19-21(17)20(16)18(22(19)23)12-8-6-4-2/h9,11,13-15,18H,3-8,10,12H2,1-2H3. The highest BCUT2D eigenvalue weighted by atomic mass is 16.1. The summed E-state index contributed by atoms with van der Waals surface area (Å²) in [5.74, 6) is 0.476. The minimum absolute atomic E-state index is 0.110. The number of unbranched alkanes of at least 4 members (excludes halogenated alkanes) is 4. The molecular formula is C22H28O. The summed E-state index contributed by atoms with van der Waals surface area (Å²) in [6.07, 6.45) is 9.47. The van der Waals surface area contributed by atoms with Crippen molar-refractivity contribution >= 4 is 16.6 Å². The lowest BCUT2D eigenvalue weighted by molar-refractivity contribution is 0.0962. The summed E-state index contributed by atoms with van der Waals surface area (Å²) < 4.78 is 0. The van der Waals surface area contributed by atoms with E-state index >= 15 is 0 Å². The van der Waals surface area contributed by atoms with Crippen LogP contribution in [0, 0.1) is 0 Å². The highest BCUT2D eigenvalue weighted by Crippen LogP contribution is 2.43. The number of hydrogen-bond acceptors (Lipinski definition) is 1. The molecule has 23 heavy (non-hydrogen) atoms. The summed E-state index contributed by atoms with van der Waals surface area (Å²) in [6.45, 7) is 4.47. The molecule has 0 amide bonds. The number of Topliss-reactive ketones (excluding diaryl/α,β-unsaturated/α-hetero) is 1. The quantitative estimate of drug-likeness (QED) is 0.513. The second kappa shape index (κ2) is 7.29. The van der Waals surface area contributed by atoms with Crippen LogP contribution < -0.4 is 0 Å².